The molecule has 6 nitrogen and oxygen atoms in total. The maximum absolute atomic E-state index is 14.0. The van der Waals surface area contributed by atoms with Gasteiger partial charge in [0.15, 0.2) is 0 Å². The Morgan fingerprint density at radius 1 is 1.26 bits per heavy atom. The fourth-order valence-electron chi connectivity index (χ4n) is 3.08. The van der Waals surface area contributed by atoms with E-state index in [1.165, 1.54) is 12.1 Å². The van der Waals surface area contributed by atoms with Gasteiger partial charge in [-0.3, -0.25) is 15.1 Å². The van der Waals surface area contributed by atoms with E-state index in [1.54, 1.807) is 47.5 Å². The van der Waals surface area contributed by atoms with E-state index in [4.69, 9.17) is 6.42 Å². The average molecular weight is 360 g/mol. The molecule has 2 aliphatic rings. The maximum Gasteiger partial charge on any atom is 0.285 e. The van der Waals surface area contributed by atoms with Gasteiger partial charge in [-0.15, -0.1) is 6.42 Å². The normalized spacial score (nSPS) is 17.8. The zero-order valence-electron chi connectivity index (χ0n) is 14.0. The van der Waals surface area contributed by atoms with Crippen molar-refractivity contribution in [1.29, 1.82) is 0 Å². The van der Waals surface area contributed by atoms with Gasteiger partial charge in [0.05, 0.1) is 23.2 Å². The van der Waals surface area contributed by atoms with Crippen LogP contribution >= 0.6 is 0 Å². The van der Waals surface area contributed by atoms with Crippen molar-refractivity contribution in [3.8, 4) is 12.3 Å². The van der Waals surface area contributed by atoms with Crippen LogP contribution in [0.1, 0.15) is 22.7 Å². The molecule has 0 radical (unpaired) electrons. The molecule has 0 saturated heterocycles. The van der Waals surface area contributed by atoms with Crippen molar-refractivity contribution < 1.29 is 9.31 Å². The summed E-state index contributed by atoms with van der Waals surface area (Å²) >= 11 is 0. The Balaban J connectivity index is 1.63. The third-order valence-corrected chi connectivity index (χ3v) is 4.43. The van der Waals surface area contributed by atoms with E-state index in [2.05, 4.69) is 16.0 Å². The van der Waals surface area contributed by atoms with E-state index >= 15 is 0 Å². The Morgan fingerprint density at radius 2 is 2.07 bits per heavy atom. The van der Waals surface area contributed by atoms with Gasteiger partial charge in [0.2, 0.25) is 0 Å². The third-order valence-electron chi connectivity index (χ3n) is 4.43. The standard InChI is InChI=1S/C20H13FN4O2/c1-2-13-7-8-14(11-19(13)25(26)27)18-12-24-20(22-18)10-9-17(23-24)15-5-3-4-6-16(15)21/h1,3-11,18H,12H2. The van der Waals surface area contributed by atoms with Crippen molar-refractivity contribution in [2.45, 2.75) is 6.04 Å². The number of rotatable bonds is 3. The molecule has 0 bridgehead atoms. The molecule has 7 heteroatoms. The molecular weight excluding hydrogens is 347 g/mol. The van der Waals surface area contributed by atoms with Gasteiger partial charge >= 0.3 is 0 Å². The first-order chi connectivity index (χ1) is 13.1. The van der Waals surface area contributed by atoms with Gasteiger partial charge in [-0.05, 0) is 35.9 Å². The molecule has 132 valence electrons. The van der Waals surface area contributed by atoms with Crippen molar-refractivity contribution in [3.63, 3.8) is 0 Å². The number of terminal acetylenes is 1. The van der Waals surface area contributed by atoms with Crippen LogP contribution in [-0.2, 0) is 0 Å². The minimum Gasteiger partial charge on any atom is -0.258 e. The van der Waals surface area contributed by atoms with E-state index < -0.39 is 4.92 Å². The number of benzene rings is 2. The molecule has 2 aromatic carbocycles. The molecule has 27 heavy (non-hydrogen) atoms. The van der Waals surface area contributed by atoms with E-state index in [9.17, 15) is 14.5 Å². The molecule has 4 rings (SSSR count). The number of nitro groups is 1. The number of hydrogen-bond acceptors (Lipinski definition) is 5. The summed E-state index contributed by atoms with van der Waals surface area (Å²) in [5.41, 5.74) is 1.70. The Labute approximate surface area is 154 Å². The molecule has 0 aromatic heterocycles. The molecule has 0 aliphatic carbocycles. The molecule has 2 aliphatic heterocycles. The Kier molecular flexibility index (Phi) is 4.01. The molecule has 0 N–H and O–H groups in total. The second-order valence-electron chi connectivity index (χ2n) is 6.06. The number of hydrazone groups is 1. The van der Waals surface area contributed by atoms with E-state index in [0.717, 1.165) is 0 Å². The third kappa shape index (κ3) is 2.98. The second-order valence-corrected chi connectivity index (χ2v) is 6.06. The fourth-order valence-corrected chi connectivity index (χ4v) is 3.08. The summed E-state index contributed by atoms with van der Waals surface area (Å²) in [7, 11) is 0. The van der Waals surface area contributed by atoms with Crippen LogP contribution in [0.4, 0.5) is 10.1 Å². The maximum atomic E-state index is 14.0. The minimum absolute atomic E-state index is 0.119. The highest BCUT2D eigenvalue weighted by atomic mass is 19.1. The van der Waals surface area contributed by atoms with Crippen LogP contribution in [0.2, 0.25) is 0 Å². The lowest BCUT2D eigenvalue weighted by molar-refractivity contribution is -0.385. The fraction of sp³-hybridized carbons (Fsp3) is 0.100. The van der Waals surface area contributed by atoms with Crippen LogP contribution in [0.3, 0.4) is 0 Å². The molecule has 2 heterocycles. The minimum atomic E-state index is -0.498. The van der Waals surface area contributed by atoms with Gasteiger partial charge in [0, 0.05) is 11.6 Å². The summed E-state index contributed by atoms with van der Waals surface area (Å²) in [6, 6.07) is 10.8. The molecule has 0 saturated carbocycles. The number of hydrogen-bond donors (Lipinski definition) is 0. The lowest BCUT2D eigenvalue weighted by atomic mass is 10.0. The highest BCUT2D eigenvalue weighted by molar-refractivity contribution is 6.14. The number of amidine groups is 1. The highest BCUT2D eigenvalue weighted by Gasteiger charge is 2.29. The van der Waals surface area contributed by atoms with Crippen molar-refractivity contribution in [2.75, 3.05) is 6.54 Å². The van der Waals surface area contributed by atoms with Gasteiger partial charge in [-0.25, -0.2) is 9.40 Å². The summed E-state index contributed by atoms with van der Waals surface area (Å²) in [6.07, 6.45) is 8.79. The average Bonchev–Trinajstić information content (AvgIpc) is 3.11. The van der Waals surface area contributed by atoms with Crippen LogP contribution in [0.25, 0.3) is 0 Å². The lowest BCUT2D eigenvalue weighted by Crippen LogP contribution is -2.26. The number of nitrogens with zero attached hydrogens (tertiary/aromatic N) is 4. The predicted molar refractivity (Wildman–Crippen MR) is 100.0 cm³/mol. The van der Waals surface area contributed by atoms with Gasteiger partial charge in [-0.1, -0.05) is 24.1 Å². The monoisotopic (exact) mass is 360 g/mol. The second kappa shape index (κ2) is 6.50. The summed E-state index contributed by atoms with van der Waals surface area (Å²) in [4.78, 5) is 15.3. The predicted octanol–water partition coefficient (Wildman–Crippen LogP) is 3.44. The quantitative estimate of drug-likeness (QED) is 0.478. The van der Waals surface area contributed by atoms with Gasteiger partial charge in [0.1, 0.15) is 17.2 Å². The van der Waals surface area contributed by atoms with E-state index in [1.807, 2.05) is 0 Å². The van der Waals surface area contributed by atoms with Crippen LogP contribution < -0.4 is 0 Å². The SMILES string of the molecule is C#Cc1ccc(C2CN3N=C(c4ccccc4F)C=CC3=N2)cc1[N+](=O)[O-]. The largest absolute Gasteiger partial charge is 0.285 e. The van der Waals surface area contributed by atoms with Crippen LogP contribution in [-0.4, -0.2) is 28.0 Å². The Hall–Kier alpha value is -3.79. The molecule has 1 unspecified atom stereocenters. The molecule has 1 atom stereocenters. The number of fused-ring (bicyclic) bond motifs is 1. The van der Waals surface area contributed by atoms with E-state index in [0.29, 0.717) is 29.2 Å². The topological polar surface area (TPSA) is 71.1 Å². The smallest absolute Gasteiger partial charge is 0.258 e. The summed E-state index contributed by atoms with van der Waals surface area (Å²) in [6.45, 7) is 0.407. The summed E-state index contributed by atoms with van der Waals surface area (Å²) in [5.74, 6) is 2.60. The first kappa shape index (κ1) is 16.7. The van der Waals surface area contributed by atoms with Crippen molar-refractivity contribution in [1.82, 2.24) is 5.01 Å². The van der Waals surface area contributed by atoms with Gasteiger partial charge in [-0.2, -0.15) is 5.10 Å². The number of aliphatic imine (C=N–C) groups is 1. The van der Waals surface area contributed by atoms with Gasteiger partial charge in [0.25, 0.3) is 5.69 Å². The van der Waals surface area contributed by atoms with Crippen LogP contribution in [0.5, 0.6) is 0 Å². The first-order valence-electron chi connectivity index (χ1n) is 8.18. The molecule has 0 amide bonds. The molecule has 0 fully saturated rings. The molecule has 2 aromatic rings. The summed E-state index contributed by atoms with van der Waals surface area (Å²) in [5, 5.41) is 17.4. The number of halogens is 1. The van der Waals surface area contributed by atoms with Crippen molar-refractivity contribution >= 4 is 17.2 Å². The van der Waals surface area contributed by atoms with Gasteiger partial charge < -0.3 is 0 Å². The lowest BCUT2D eigenvalue weighted by Gasteiger charge is -2.18. The molecular formula is C20H13FN4O2. The molecule has 0 spiro atoms. The number of allylic oxidation sites excluding steroid dienone is 1. The number of nitro benzene ring substituents is 1. The Morgan fingerprint density at radius 3 is 2.81 bits per heavy atom. The zero-order chi connectivity index (χ0) is 19.0. The highest BCUT2D eigenvalue weighted by Crippen LogP contribution is 2.31. The van der Waals surface area contributed by atoms with Crippen LogP contribution in [0, 0.1) is 28.3 Å². The summed E-state index contributed by atoms with van der Waals surface area (Å²) < 4.78 is 14.0. The van der Waals surface area contributed by atoms with E-state index in [-0.39, 0.29) is 23.1 Å². The Bertz CT molecular complexity index is 1080. The van der Waals surface area contributed by atoms with Crippen LogP contribution in [0.15, 0.2) is 64.7 Å². The zero-order valence-corrected chi connectivity index (χ0v) is 14.0. The van der Waals surface area contributed by atoms with Crippen molar-refractivity contribution in [2.24, 2.45) is 10.1 Å². The van der Waals surface area contributed by atoms with Crippen molar-refractivity contribution in [3.05, 3.63) is 87.2 Å². The first-order valence-corrected chi connectivity index (χ1v) is 8.18.